The molecule has 5 heteroatoms. The molecule has 5 nitrogen and oxygen atoms in total. The van der Waals surface area contributed by atoms with E-state index in [0.717, 1.165) is 6.42 Å². The lowest BCUT2D eigenvalue weighted by Crippen LogP contribution is -2.33. The molecular formula is C19H21N3O2. The van der Waals surface area contributed by atoms with Crippen LogP contribution in [-0.2, 0) is 17.8 Å². The first-order valence-corrected chi connectivity index (χ1v) is 7.84. The van der Waals surface area contributed by atoms with Gasteiger partial charge in [-0.05, 0) is 49.9 Å². The molecule has 0 atom stereocenters. The van der Waals surface area contributed by atoms with Crippen molar-refractivity contribution in [2.24, 2.45) is 0 Å². The number of benzene rings is 1. The fourth-order valence-electron chi connectivity index (χ4n) is 2.85. The number of carbonyl (C=O) groups excluding carboxylic acids is 1. The van der Waals surface area contributed by atoms with E-state index in [1.54, 1.807) is 0 Å². The Hall–Kier alpha value is -2.87. The van der Waals surface area contributed by atoms with Gasteiger partial charge in [0.05, 0.1) is 11.6 Å². The van der Waals surface area contributed by atoms with Crippen LogP contribution in [0.2, 0.25) is 0 Å². The van der Waals surface area contributed by atoms with Gasteiger partial charge >= 0.3 is 0 Å². The van der Waals surface area contributed by atoms with Crippen molar-refractivity contribution in [1.29, 1.82) is 5.26 Å². The van der Waals surface area contributed by atoms with Crippen molar-refractivity contribution in [2.75, 3.05) is 6.54 Å². The lowest BCUT2D eigenvalue weighted by Gasteiger charge is -2.12. The van der Waals surface area contributed by atoms with E-state index in [1.165, 1.54) is 45.2 Å². The average Bonchev–Trinajstić information content (AvgIpc) is 2.51. The van der Waals surface area contributed by atoms with Crippen LogP contribution in [0.1, 0.15) is 27.8 Å². The Morgan fingerprint density at radius 1 is 1.21 bits per heavy atom. The van der Waals surface area contributed by atoms with Gasteiger partial charge in [0.1, 0.15) is 6.54 Å². The molecule has 0 aliphatic heterocycles. The number of nitrogens with one attached hydrogen (secondary N) is 1. The number of nitriles is 1. The quantitative estimate of drug-likeness (QED) is 0.914. The van der Waals surface area contributed by atoms with Gasteiger partial charge in [-0.3, -0.25) is 9.59 Å². The molecule has 0 spiro atoms. The molecule has 24 heavy (non-hydrogen) atoms. The van der Waals surface area contributed by atoms with Crippen LogP contribution in [0.4, 0.5) is 0 Å². The van der Waals surface area contributed by atoms with Crippen LogP contribution in [0.3, 0.4) is 0 Å². The van der Waals surface area contributed by atoms with E-state index in [2.05, 4.69) is 38.2 Å². The van der Waals surface area contributed by atoms with Crippen molar-refractivity contribution < 1.29 is 4.79 Å². The first-order chi connectivity index (χ1) is 11.4. The number of hydrogen-bond acceptors (Lipinski definition) is 3. The van der Waals surface area contributed by atoms with Gasteiger partial charge in [0.25, 0.3) is 5.56 Å². The van der Waals surface area contributed by atoms with Gasteiger partial charge in [0.2, 0.25) is 5.91 Å². The molecule has 0 radical (unpaired) electrons. The van der Waals surface area contributed by atoms with E-state index < -0.39 is 0 Å². The molecule has 1 N–H and O–H groups in total. The average molecular weight is 323 g/mol. The minimum atomic E-state index is -0.352. The van der Waals surface area contributed by atoms with Crippen LogP contribution in [0.15, 0.2) is 35.3 Å². The molecule has 0 bridgehead atoms. The monoisotopic (exact) mass is 323 g/mol. The SMILES string of the molecule is Cc1cc(C)c(CCNC(=O)Cn2ccc(C#N)cc2=O)c(C)c1. The van der Waals surface area contributed by atoms with Gasteiger partial charge in [-0.1, -0.05) is 17.7 Å². The van der Waals surface area contributed by atoms with Crippen LogP contribution in [0.5, 0.6) is 0 Å². The minimum absolute atomic E-state index is 0.0452. The van der Waals surface area contributed by atoms with Gasteiger partial charge in [-0.2, -0.15) is 5.26 Å². The lowest BCUT2D eigenvalue weighted by atomic mass is 9.97. The summed E-state index contributed by atoms with van der Waals surface area (Å²) in [6.07, 6.45) is 2.22. The second-order valence-corrected chi connectivity index (χ2v) is 5.97. The topological polar surface area (TPSA) is 74.9 Å². The molecule has 0 saturated carbocycles. The van der Waals surface area contributed by atoms with Crippen LogP contribution < -0.4 is 10.9 Å². The van der Waals surface area contributed by atoms with Gasteiger partial charge in [-0.15, -0.1) is 0 Å². The predicted octanol–water partition coefficient (Wildman–Crippen LogP) is 2.00. The highest BCUT2D eigenvalue weighted by atomic mass is 16.2. The molecule has 0 aliphatic carbocycles. The number of aromatic nitrogens is 1. The number of rotatable bonds is 5. The van der Waals surface area contributed by atoms with Gasteiger partial charge < -0.3 is 9.88 Å². The smallest absolute Gasteiger partial charge is 0.252 e. The number of carbonyl (C=O) groups is 1. The first kappa shape index (κ1) is 17.5. The minimum Gasteiger partial charge on any atom is -0.354 e. The third kappa shape index (κ3) is 4.32. The Balaban J connectivity index is 1.93. The molecular weight excluding hydrogens is 302 g/mol. The van der Waals surface area contributed by atoms with E-state index in [4.69, 9.17) is 5.26 Å². The van der Waals surface area contributed by atoms with Crippen molar-refractivity contribution in [3.05, 3.63) is 68.6 Å². The van der Waals surface area contributed by atoms with Gasteiger partial charge in [-0.25, -0.2) is 0 Å². The lowest BCUT2D eigenvalue weighted by molar-refractivity contribution is -0.121. The molecule has 0 fully saturated rings. The predicted molar refractivity (Wildman–Crippen MR) is 92.8 cm³/mol. The van der Waals surface area contributed by atoms with Crippen LogP contribution in [0, 0.1) is 32.1 Å². The van der Waals surface area contributed by atoms with E-state index in [-0.39, 0.29) is 18.0 Å². The molecule has 1 amide bonds. The third-order valence-corrected chi connectivity index (χ3v) is 3.98. The second kappa shape index (κ2) is 7.60. The van der Waals surface area contributed by atoms with E-state index in [0.29, 0.717) is 12.1 Å². The maximum atomic E-state index is 12.0. The summed E-state index contributed by atoms with van der Waals surface area (Å²) < 4.78 is 1.29. The maximum Gasteiger partial charge on any atom is 0.252 e. The molecule has 0 aliphatic rings. The normalized spacial score (nSPS) is 10.2. The molecule has 1 heterocycles. The second-order valence-electron chi connectivity index (χ2n) is 5.97. The van der Waals surface area contributed by atoms with E-state index >= 15 is 0 Å². The highest BCUT2D eigenvalue weighted by molar-refractivity contribution is 5.75. The number of hydrogen-bond donors (Lipinski definition) is 1. The summed E-state index contributed by atoms with van der Waals surface area (Å²) in [6.45, 7) is 6.70. The van der Waals surface area contributed by atoms with Crippen molar-refractivity contribution in [1.82, 2.24) is 9.88 Å². The fraction of sp³-hybridized carbons (Fsp3) is 0.316. The Morgan fingerprint density at radius 3 is 2.46 bits per heavy atom. The fourth-order valence-corrected chi connectivity index (χ4v) is 2.85. The van der Waals surface area contributed by atoms with Crippen molar-refractivity contribution in [2.45, 2.75) is 33.7 Å². The summed E-state index contributed by atoms with van der Waals surface area (Å²) in [5.74, 6) is -0.218. The summed E-state index contributed by atoms with van der Waals surface area (Å²) in [7, 11) is 0. The van der Waals surface area contributed by atoms with Crippen molar-refractivity contribution >= 4 is 5.91 Å². The van der Waals surface area contributed by atoms with E-state index in [1.807, 2.05) is 6.07 Å². The Bertz CT molecular complexity index is 837. The van der Waals surface area contributed by atoms with Crippen molar-refractivity contribution in [3.8, 4) is 6.07 Å². The summed E-state index contributed by atoms with van der Waals surface area (Å²) in [6, 6.07) is 8.93. The Morgan fingerprint density at radius 2 is 1.88 bits per heavy atom. The maximum absolute atomic E-state index is 12.0. The van der Waals surface area contributed by atoms with Crippen LogP contribution in [0.25, 0.3) is 0 Å². The highest BCUT2D eigenvalue weighted by Crippen LogP contribution is 2.16. The molecule has 0 saturated heterocycles. The zero-order valence-electron chi connectivity index (χ0n) is 14.2. The van der Waals surface area contributed by atoms with Crippen LogP contribution >= 0.6 is 0 Å². The third-order valence-electron chi connectivity index (χ3n) is 3.98. The number of amides is 1. The summed E-state index contributed by atoms with van der Waals surface area (Å²) in [5.41, 5.74) is 4.88. The van der Waals surface area contributed by atoms with Gasteiger partial charge in [0.15, 0.2) is 0 Å². The van der Waals surface area contributed by atoms with Crippen LogP contribution in [-0.4, -0.2) is 17.0 Å². The molecule has 0 unspecified atom stereocenters. The molecule has 1 aromatic carbocycles. The van der Waals surface area contributed by atoms with Gasteiger partial charge in [0, 0.05) is 18.8 Å². The number of pyridine rings is 1. The largest absolute Gasteiger partial charge is 0.354 e. The first-order valence-electron chi connectivity index (χ1n) is 7.84. The summed E-state index contributed by atoms with van der Waals surface area (Å²) in [5, 5.41) is 11.6. The molecule has 2 rings (SSSR count). The number of aryl methyl sites for hydroxylation is 3. The zero-order valence-corrected chi connectivity index (χ0v) is 14.2. The molecule has 1 aromatic heterocycles. The Labute approximate surface area is 141 Å². The molecule has 2 aromatic rings. The highest BCUT2D eigenvalue weighted by Gasteiger charge is 2.07. The summed E-state index contributed by atoms with van der Waals surface area (Å²) >= 11 is 0. The van der Waals surface area contributed by atoms with E-state index in [9.17, 15) is 9.59 Å². The molecule has 124 valence electrons. The standard InChI is InChI=1S/C19H21N3O2/c1-13-8-14(2)17(15(3)9-13)4-6-21-18(23)12-22-7-5-16(11-20)10-19(22)24/h5,7-10H,4,6,12H2,1-3H3,(H,21,23). The van der Waals surface area contributed by atoms with Crippen molar-refractivity contribution in [3.63, 3.8) is 0 Å². The Kier molecular flexibility index (Phi) is 5.54. The number of nitrogens with zero attached hydrogens (tertiary/aromatic N) is 2. The summed E-state index contributed by atoms with van der Waals surface area (Å²) in [4.78, 5) is 23.8. The zero-order chi connectivity index (χ0) is 17.7.